The fraction of sp³-hybridized carbons (Fsp3) is 0.200. The number of hydrogen-bond donors (Lipinski definition) is 1. The molecule has 1 atom stereocenters. The molecule has 0 amide bonds. The molecule has 4 nitrogen and oxygen atoms in total. The van der Waals surface area contributed by atoms with Crippen LogP contribution in [0.4, 0.5) is 0 Å². The van der Waals surface area contributed by atoms with Crippen LogP contribution in [-0.4, -0.2) is 16.9 Å². The molecular formula is C25H23ClO4. The fourth-order valence-corrected chi connectivity index (χ4v) is 3.62. The van der Waals surface area contributed by atoms with Gasteiger partial charge in [0.2, 0.25) is 0 Å². The van der Waals surface area contributed by atoms with Crippen LogP contribution in [0.5, 0.6) is 5.75 Å². The maximum atomic E-state index is 13.3. The van der Waals surface area contributed by atoms with Crippen molar-refractivity contribution in [3.63, 3.8) is 0 Å². The van der Waals surface area contributed by atoms with E-state index in [0.717, 1.165) is 16.7 Å². The van der Waals surface area contributed by atoms with Crippen LogP contribution in [0.15, 0.2) is 72.8 Å². The van der Waals surface area contributed by atoms with Gasteiger partial charge in [0.25, 0.3) is 0 Å². The lowest BCUT2D eigenvalue weighted by molar-refractivity contribution is -0.137. The van der Waals surface area contributed by atoms with E-state index in [1.165, 1.54) is 0 Å². The third-order valence-corrected chi connectivity index (χ3v) is 5.18. The highest BCUT2D eigenvalue weighted by molar-refractivity contribution is 6.30. The molecule has 30 heavy (non-hydrogen) atoms. The number of carboxylic acid groups (broad SMARTS) is 1. The summed E-state index contributed by atoms with van der Waals surface area (Å²) in [5.74, 6) is -0.980. The first-order valence-electron chi connectivity index (χ1n) is 9.73. The van der Waals surface area contributed by atoms with Crippen molar-refractivity contribution in [3.8, 4) is 5.75 Å². The number of halogens is 1. The van der Waals surface area contributed by atoms with E-state index in [4.69, 9.17) is 21.4 Å². The van der Waals surface area contributed by atoms with Crippen molar-refractivity contribution in [3.05, 3.63) is 100 Å². The average molecular weight is 423 g/mol. The zero-order chi connectivity index (χ0) is 21.5. The van der Waals surface area contributed by atoms with Crippen LogP contribution in [0.3, 0.4) is 0 Å². The standard InChI is InChI=1S/C25H23ClO4/c1-17-6-2-3-11-22(17)23(12-13-24(27)28)25(29)19-8-5-10-21(15-19)30-16-18-7-4-9-20(26)14-18/h2-11,14-15,23H,12-13,16H2,1H3,(H,27,28). The van der Waals surface area contributed by atoms with Gasteiger partial charge >= 0.3 is 5.97 Å². The predicted octanol–water partition coefficient (Wildman–Crippen LogP) is 6.06. The lowest BCUT2D eigenvalue weighted by Crippen LogP contribution is -2.16. The summed E-state index contributed by atoms with van der Waals surface area (Å²) in [6.07, 6.45) is 0.169. The molecule has 0 bridgehead atoms. The highest BCUT2D eigenvalue weighted by Gasteiger charge is 2.24. The molecule has 0 radical (unpaired) electrons. The number of ether oxygens (including phenoxy) is 1. The molecule has 0 aliphatic heterocycles. The number of carboxylic acids is 1. The number of hydrogen-bond acceptors (Lipinski definition) is 3. The molecule has 0 heterocycles. The van der Waals surface area contributed by atoms with Crippen molar-refractivity contribution in [2.75, 3.05) is 0 Å². The molecule has 1 unspecified atom stereocenters. The summed E-state index contributed by atoms with van der Waals surface area (Å²) >= 11 is 6.01. The predicted molar refractivity (Wildman–Crippen MR) is 117 cm³/mol. The van der Waals surface area contributed by atoms with E-state index in [1.54, 1.807) is 30.3 Å². The van der Waals surface area contributed by atoms with Gasteiger partial charge in [-0.05, 0) is 54.3 Å². The van der Waals surface area contributed by atoms with Crippen LogP contribution in [0.2, 0.25) is 5.02 Å². The number of aryl methyl sites for hydroxylation is 1. The Hall–Kier alpha value is -3.11. The number of ketones is 1. The molecule has 154 valence electrons. The van der Waals surface area contributed by atoms with Crippen molar-refractivity contribution in [1.82, 2.24) is 0 Å². The number of aliphatic carboxylic acids is 1. The van der Waals surface area contributed by atoms with Gasteiger partial charge in [-0.3, -0.25) is 9.59 Å². The van der Waals surface area contributed by atoms with Crippen LogP contribution in [0.1, 0.15) is 45.8 Å². The van der Waals surface area contributed by atoms with E-state index in [9.17, 15) is 9.59 Å². The van der Waals surface area contributed by atoms with Crippen LogP contribution in [0.25, 0.3) is 0 Å². The quantitative estimate of drug-likeness (QED) is 0.426. The van der Waals surface area contributed by atoms with E-state index in [1.807, 2.05) is 49.4 Å². The van der Waals surface area contributed by atoms with Crippen molar-refractivity contribution < 1.29 is 19.4 Å². The average Bonchev–Trinajstić information content (AvgIpc) is 2.73. The van der Waals surface area contributed by atoms with E-state index in [-0.39, 0.29) is 18.6 Å². The van der Waals surface area contributed by atoms with Gasteiger partial charge < -0.3 is 9.84 Å². The smallest absolute Gasteiger partial charge is 0.303 e. The Morgan fingerprint density at radius 2 is 1.77 bits per heavy atom. The molecule has 0 aliphatic rings. The Morgan fingerprint density at radius 1 is 1.00 bits per heavy atom. The minimum Gasteiger partial charge on any atom is -0.489 e. The van der Waals surface area contributed by atoms with Crippen LogP contribution in [0, 0.1) is 6.92 Å². The lowest BCUT2D eigenvalue weighted by atomic mass is 9.85. The maximum absolute atomic E-state index is 13.3. The first kappa shape index (κ1) is 21.6. The third-order valence-electron chi connectivity index (χ3n) is 4.94. The molecule has 0 fully saturated rings. The Kier molecular flexibility index (Phi) is 7.26. The summed E-state index contributed by atoms with van der Waals surface area (Å²) in [5, 5.41) is 9.77. The molecule has 0 spiro atoms. The summed E-state index contributed by atoms with van der Waals surface area (Å²) in [5.41, 5.74) is 3.25. The number of rotatable bonds is 9. The first-order valence-corrected chi connectivity index (χ1v) is 10.1. The molecule has 5 heteroatoms. The SMILES string of the molecule is Cc1ccccc1C(CCC(=O)O)C(=O)c1cccc(OCc2cccc(Cl)c2)c1. The van der Waals surface area contributed by atoms with Gasteiger partial charge in [0.1, 0.15) is 12.4 Å². The third kappa shape index (κ3) is 5.71. The summed E-state index contributed by atoms with van der Waals surface area (Å²) in [4.78, 5) is 24.5. The van der Waals surface area contributed by atoms with E-state index in [2.05, 4.69) is 0 Å². The van der Waals surface area contributed by atoms with Gasteiger partial charge in [0.15, 0.2) is 5.78 Å². The summed E-state index contributed by atoms with van der Waals surface area (Å²) in [6.45, 7) is 2.26. The van der Waals surface area contributed by atoms with E-state index in [0.29, 0.717) is 22.9 Å². The van der Waals surface area contributed by atoms with Crippen molar-refractivity contribution in [2.45, 2.75) is 32.3 Å². The van der Waals surface area contributed by atoms with Crippen molar-refractivity contribution >= 4 is 23.4 Å². The van der Waals surface area contributed by atoms with Gasteiger partial charge in [-0.1, -0.05) is 60.1 Å². The second-order valence-corrected chi connectivity index (χ2v) is 7.59. The van der Waals surface area contributed by atoms with Gasteiger partial charge in [-0.15, -0.1) is 0 Å². The molecule has 0 aromatic heterocycles. The molecule has 1 N–H and O–H groups in total. The fourth-order valence-electron chi connectivity index (χ4n) is 3.41. The Bertz CT molecular complexity index is 1040. The van der Waals surface area contributed by atoms with Gasteiger partial charge in [0.05, 0.1) is 0 Å². The maximum Gasteiger partial charge on any atom is 0.303 e. The number of carbonyl (C=O) groups excluding carboxylic acids is 1. The molecular weight excluding hydrogens is 400 g/mol. The Balaban J connectivity index is 1.81. The molecule has 3 rings (SSSR count). The van der Waals surface area contributed by atoms with Gasteiger partial charge in [-0.25, -0.2) is 0 Å². The van der Waals surface area contributed by atoms with Crippen LogP contribution in [-0.2, 0) is 11.4 Å². The lowest BCUT2D eigenvalue weighted by Gasteiger charge is -2.18. The summed E-state index contributed by atoms with van der Waals surface area (Å²) in [6, 6.07) is 22.0. The minimum atomic E-state index is -0.917. The number of Topliss-reactive ketones (excluding diaryl/α,β-unsaturated/α-hetero) is 1. The summed E-state index contributed by atoms with van der Waals surface area (Å²) < 4.78 is 5.84. The van der Waals surface area contributed by atoms with Crippen LogP contribution < -0.4 is 4.74 Å². The highest BCUT2D eigenvalue weighted by atomic mass is 35.5. The van der Waals surface area contributed by atoms with E-state index < -0.39 is 11.9 Å². The molecule has 0 aliphatic carbocycles. The van der Waals surface area contributed by atoms with Gasteiger partial charge in [0, 0.05) is 22.9 Å². The van der Waals surface area contributed by atoms with Crippen molar-refractivity contribution in [2.24, 2.45) is 0 Å². The first-order chi connectivity index (χ1) is 14.4. The second kappa shape index (κ2) is 10.1. The molecule has 3 aromatic rings. The minimum absolute atomic E-state index is 0.0737. The van der Waals surface area contributed by atoms with E-state index >= 15 is 0 Å². The normalized spacial score (nSPS) is 11.7. The zero-order valence-corrected chi connectivity index (χ0v) is 17.4. The zero-order valence-electron chi connectivity index (χ0n) is 16.7. The number of benzene rings is 3. The molecule has 0 saturated carbocycles. The topological polar surface area (TPSA) is 63.6 Å². The molecule has 3 aromatic carbocycles. The summed E-state index contributed by atoms with van der Waals surface area (Å²) in [7, 11) is 0. The molecule has 0 saturated heterocycles. The van der Waals surface area contributed by atoms with Crippen molar-refractivity contribution in [1.29, 1.82) is 0 Å². The van der Waals surface area contributed by atoms with Crippen LogP contribution >= 0.6 is 11.6 Å². The van der Waals surface area contributed by atoms with Gasteiger partial charge in [-0.2, -0.15) is 0 Å². The number of carbonyl (C=O) groups is 2. The Morgan fingerprint density at radius 3 is 2.50 bits per heavy atom. The second-order valence-electron chi connectivity index (χ2n) is 7.15. The Labute approximate surface area is 181 Å². The highest BCUT2D eigenvalue weighted by Crippen LogP contribution is 2.29. The largest absolute Gasteiger partial charge is 0.489 e. The monoisotopic (exact) mass is 422 g/mol.